The first-order valence-electron chi connectivity index (χ1n) is 9.07. The molecule has 0 aliphatic carbocycles. The second-order valence-corrected chi connectivity index (χ2v) is 7.57. The zero-order chi connectivity index (χ0) is 20.5. The molecule has 0 saturated heterocycles. The molecule has 4 aromatic rings. The highest BCUT2D eigenvalue weighted by atomic mass is 32.1. The van der Waals surface area contributed by atoms with Crippen molar-refractivity contribution in [3.63, 3.8) is 0 Å². The van der Waals surface area contributed by atoms with Crippen LogP contribution in [0.15, 0.2) is 59.5 Å². The maximum Gasteiger partial charge on any atom is 0.348 e. The van der Waals surface area contributed by atoms with Crippen LogP contribution in [-0.4, -0.2) is 23.6 Å². The van der Waals surface area contributed by atoms with E-state index in [1.807, 2.05) is 29.7 Å². The van der Waals surface area contributed by atoms with Crippen LogP contribution in [0.25, 0.3) is 21.0 Å². The number of methoxy groups -OCH3 is 1. The van der Waals surface area contributed by atoms with Crippen LogP contribution >= 0.6 is 11.3 Å². The van der Waals surface area contributed by atoms with E-state index in [1.54, 1.807) is 36.5 Å². The average molecular weight is 406 g/mol. The Bertz CT molecular complexity index is 1320. The fourth-order valence-electron chi connectivity index (χ4n) is 3.29. The number of nitrogens with zero attached hydrogens (tertiary/aromatic N) is 1. The van der Waals surface area contributed by atoms with Gasteiger partial charge in [-0.05, 0) is 48.7 Å². The Morgan fingerprint density at radius 2 is 1.93 bits per heavy atom. The lowest BCUT2D eigenvalue weighted by Gasteiger charge is -2.11. The minimum Gasteiger partial charge on any atom is -0.465 e. The SMILES string of the molecule is CCn1cc(C(=O)Nc2ccc3sc(C(=O)OC)cc3c2)c(=O)c2ccccc21. The molecule has 0 saturated carbocycles. The van der Waals surface area contributed by atoms with E-state index >= 15 is 0 Å². The summed E-state index contributed by atoms with van der Waals surface area (Å²) in [6.45, 7) is 2.60. The molecule has 146 valence electrons. The maximum absolute atomic E-state index is 12.8. The number of fused-ring (bicyclic) bond motifs is 2. The number of esters is 1. The molecule has 0 spiro atoms. The molecule has 0 aliphatic heterocycles. The average Bonchev–Trinajstić information content (AvgIpc) is 3.17. The Morgan fingerprint density at radius 3 is 2.69 bits per heavy atom. The van der Waals surface area contributed by atoms with Crippen LogP contribution in [0.3, 0.4) is 0 Å². The number of hydrogen-bond donors (Lipinski definition) is 1. The number of thiophene rings is 1. The van der Waals surface area contributed by atoms with Gasteiger partial charge in [0.1, 0.15) is 10.4 Å². The van der Waals surface area contributed by atoms with Gasteiger partial charge in [-0.15, -0.1) is 11.3 Å². The van der Waals surface area contributed by atoms with E-state index < -0.39 is 11.9 Å². The number of rotatable bonds is 4. The number of hydrogen-bond acceptors (Lipinski definition) is 5. The van der Waals surface area contributed by atoms with Crippen molar-refractivity contribution in [1.82, 2.24) is 4.57 Å². The van der Waals surface area contributed by atoms with E-state index in [0.717, 1.165) is 15.6 Å². The first-order chi connectivity index (χ1) is 14.0. The van der Waals surface area contributed by atoms with Gasteiger partial charge in [0.05, 0.1) is 12.6 Å². The Labute approximate surface area is 170 Å². The Balaban J connectivity index is 1.70. The van der Waals surface area contributed by atoms with Crippen molar-refractivity contribution in [2.24, 2.45) is 0 Å². The number of carbonyl (C=O) groups is 2. The van der Waals surface area contributed by atoms with Gasteiger partial charge < -0.3 is 14.6 Å². The smallest absolute Gasteiger partial charge is 0.348 e. The summed E-state index contributed by atoms with van der Waals surface area (Å²) < 4.78 is 7.54. The predicted molar refractivity (Wildman–Crippen MR) is 115 cm³/mol. The standard InChI is InChI=1S/C22H18N2O4S/c1-3-24-12-16(20(25)15-6-4-5-7-17(15)24)21(26)23-14-8-9-18-13(10-14)11-19(29-18)22(27)28-2/h4-12H,3H2,1-2H3,(H,23,26). The molecule has 1 amide bonds. The van der Waals surface area contributed by atoms with Crippen molar-refractivity contribution in [2.45, 2.75) is 13.5 Å². The molecule has 2 aromatic heterocycles. The van der Waals surface area contributed by atoms with Crippen LogP contribution in [0.2, 0.25) is 0 Å². The zero-order valence-corrected chi connectivity index (χ0v) is 16.7. The zero-order valence-electron chi connectivity index (χ0n) is 15.9. The van der Waals surface area contributed by atoms with Gasteiger partial charge in [0.25, 0.3) is 5.91 Å². The second-order valence-electron chi connectivity index (χ2n) is 6.48. The number of amides is 1. The quantitative estimate of drug-likeness (QED) is 0.513. The summed E-state index contributed by atoms with van der Waals surface area (Å²) >= 11 is 1.32. The van der Waals surface area contributed by atoms with E-state index in [0.29, 0.717) is 22.5 Å². The van der Waals surface area contributed by atoms with Crippen molar-refractivity contribution in [1.29, 1.82) is 0 Å². The third-order valence-corrected chi connectivity index (χ3v) is 5.83. The molecule has 0 unspecified atom stereocenters. The molecule has 2 aromatic carbocycles. The third kappa shape index (κ3) is 3.40. The van der Waals surface area contributed by atoms with Gasteiger partial charge in [0.2, 0.25) is 5.43 Å². The Kier molecular flexibility index (Phi) is 4.90. The minimum absolute atomic E-state index is 0.0891. The normalized spacial score (nSPS) is 11.0. The summed E-state index contributed by atoms with van der Waals surface area (Å²) in [5.41, 5.74) is 1.14. The first kappa shape index (κ1) is 18.9. The monoisotopic (exact) mass is 406 g/mol. The molecule has 2 heterocycles. The van der Waals surface area contributed by atoms with Gasteiger partial charge in [-0.25, -0.2) is 4.79 Å². The highest BCUT2D eigenvalue weighted by molar-refractivity contribution is 7.20. The number of anilines is 1. The summed E-state index contributed by atoms with van der Waals surface area (Å²) in [6, 6.07) is 14.3. The van der Waals surface area contributed by atoms with Crippen LogP contribution < -0.4 is 10.7 Å². The van der Waals surface area contributed by atoms with Gasteiger partial charge in [-0.3, -0.25) is 9.59 Å². The van der Waals surface area contributed by atoms with E-state index in [2.05, 4.69) is 5.32 Å². The largest absolute Gasteiger partial charge is 0.465 e. The number of ether oxygens (including phenoxy) is 1. The Morgan fingerprint density at radius 1 is 1.14 bits per heavy atom. The van der Waals surface area contributed by atoms with Crippen LogP contribution in [0.4, 0.5) is 5.69 Å². The molecular weight excluding hydrogens is 388 g/mol. The summed E-state index contributed by atoms with van der Waals surface area (Å²) in [5, 5.41) is 4.13. The molecule has 1 N–H and O–H groups in total. The van der Waals surface area contributed by atoms with Crippen molar-refractivity contribution in [3.05, 3.63) is 75.4 Å². The number of aromatic nitrogens is 1. The van der Waals surface area contributed by atoms with E-state index in [9.17, 15) is 14.4 Å². The lowest BCUT2D eigenvalue weighted by atomic mass is 10.1. The lowest BCUT2D eigenvalue weighted by Crippen LogP contribution is -2.23. The van der Waals surface area contributed by atoms with Gasteiger partial charge in [-0.1, -0.05) is 12.1 Å². The molecule has 0 bridgehead atoms. The Hall–Kier alpha value is -3.45. The number of carbonyl (C=O) groups excluding carboxylic acids is 2. The van der Waals surface area contributed by atoms with Crippen LogP contribution in [0, 0.1) is 0 Å². The fraction of sp³-hybridized carbons (Fsp3) is 0.136. The molecule has 0 atom stereocenters. The highest BCUT2D eigenvalue weighted by Crippen LogP contribution is 2.28. The summed E-state index contributed by atoms with van der Waals surface area (Å²) in [5.74, 6) is -0.862. The van der Waals surface area contributed by atoms with Crippen molar-refractivity contribution >= 4 is 49.9 Å². The minimum atomic E-state index is -0.467. The number of pyridine rings is 1. The molecular formula is C22H18N2O4S. The number of para-hydroxylation sites is 1. The molecule has 0 fully saturated rings. The van der Waals surface area contributed by atoms with E-state index in [-0.39, 0.29) is 11.0 Å². The number of benzene rings is 2. The predicted octanol–water partition coefficient (Wildman–Crippen LogP) is 4.28. The van der Waals surface area contributed by atoms with E-state index in [1.165, 1.54) is 18.4 Å². The highest BCUT2D eigenvalue weighted by Gasteiger charge is 2.16. The number of nitrogens with one attached hydrogen (secondary N) is 1. The molecule has 7 heteroatoms. The maximum atomic E-state index is 12.8. The van der Waals surface area contributed by atoms with Crippen LogP contribution in [-0.2, 0) is 11.3 Å². The second kappa shape index (κ2) is 7.52. The number of aryl methyl sites for hydroxylation is 1. The van der Waals surface area contributed by atoms with Gasteiger partial charge in [0, 0.05) is 28.5 Å². The molecule has 0 radical (unpaired) electrons. The van der Waals surface area contributed by atoms with Crippen LogP contribution in [0.1, 0.15) is 27.0 Å². The first-order valence-corrected chi connectivity index (χ1v) is 9.89. The molecule has 6 nitrogen and oxygen atoms in total. The lowest BCUT2D eigenvalue weighted by molar-refractivity contribution is 0.0606. The van der Waals surface area contributed by atoms with Crippen molar-refractivity contribution in [2.75, 3.05) is 12.4 Å². The van der Waals surface area contributed by atoms with Crippen molar-refractivity contribution in [3.8, 4) is 0 Å². The summed E-state index contributed by atoms with van der Waals surface area (Å²) in [4.78, 5) is 37.9. The van der Waals surface area contributed by atoms with Crippen molar-refractivity contribution < 1.29 is 14.3 Å². The van der Waals surface area contributed by atoms with Crippen LogP contribution in [0.5, 0.6) is 0 Å². The summed E-state index contributed by atoms with van der Waals surface area (Å²) in [6.07, 6.45) is 1.60. The van der Waals surface area contributed by atoms with E-state index in [4.69, 9.17) is 4.74 Å². The third-order valence-electron chi connectivity index (χ3n) is 4.73. The van der Waals surface area contributed by atoms with Gasteiger partial charge in [-0.2, -0.15) is 0 Å². The molecule has 4 rings (SSSR count). The topological polar surface area (TPSA) is 77.4 Å². The molecule has 0 aliphatic rings. The van der Waals surface area contributed by atoms with Gasteiger partial charge in [0.15, 0.2) is 0 Å². The fourth-order valence-corrected chi connectivity index (χ4v) is 4.25. The summed E-state index contributed by atoms with van der Waals surface area (Å²) in [7, 11) is 1.34. The molecule has 29 heavy (non-hydrogen) atoms. The van der Waals surface area contributed by atoms with Gasteiger partial charge >= 0.3 is 5.97 Å².